The topological polar surface area (TPSA) is 110 Å². The van der Waals surface area contributed by atoms with Gasteiger partial charge in [-0.15, -0.1) is 0 Å². The SMILES string of the molecule is O=C(C=Cc1ccccc1N1CN(C(=O)O)CC1=O)NO. The number of hydrogen-bond acceptors (Lipinski definition) is 4. The molecule has 8 heteroatoms. The maximum Gasteiger partial charge on any atom is 0.409 e. The molecule has 1 aliphatic heterocycles. The number of nitrogens with one attached hydrogen (secondary N) is 1. The van der Waals surface area contributed by atoms with Crippen LogP contribution in [0, 0.1) is 0 Å². The van der Waals surface area contributed by atoms with Gasteiger partial charge < -0.3 is 5.11 Å². The molecule has 1 heterocycles. The number of rotatable bonds is 3. The van der Waals surface area contributed by atoms with E-state index in [0.717, 1.165) is 11.0 Å². The summed E-state index contributed by atoms with van der Waals surface area (Å²) < 4.78 is 0. The summed E-state index contributed by atoms with van der Waals surface area (Å²) in [7, 11) is 0. The Morgan fingerprint density at radius 2 is 2.00 bits per heavy atom. The van der Waals surface area contributed by atoms with Crippen LogP contribution >= 0.6 is 0 Å². The molecule has 0 spiro atoms. The first-order chi connectivity index (χ1) is 10.0. The molecule has 8 nitrogen and oxygen atoms in total. The molecule has 110 valence electrons. The predicted molar refractivity (Wildman–Crippen MR) is 72.5 cm³/mol. The van der Waals surface area contributed by atoms with Crippen molar-refractivity contribution < 1.29 is 24.7 Å². The van der Waals surface area contributed by atoms with E-state index in [9.17, 15) is 14.4 Å². The number of hydrogen-bond donors (Lipinski definition) is 3. The van der Waals surface area contributed by atoms with Gasteiger partial charge in [0.2, 0.25) is 5.91 Å². The summed E-state index contributed by atoms with van der Waals surface area (Å²) in [5.41, 5.74) is 2.51. The highest BCUT2D eigenvalue weighted by molar-refractivity contribution is 6.01. The lowest BCUT2D eigenvalue weighted by Crippen LogP contribution is -2.30. The second-order valence-corrected chi connectivity index (χ2v) is 4.31. The molecule has 3 amide bonds. The second kappa shape index (κ2) is 6.06. The van der Waals surface area contributed by atoms with E-state index >= 15 is 0 Å². The smallest absolute Gasteiger partial charge is 0.409 e. The Kier molecular flexibility index (Phi) is 4.19. The fourth-order valence-electron chi connectivity index (χ4n) is 1.96. The van der Waals surface area contributed by atoms with E-state index in [4.69, 9.17) is 10.3 Å². The number of anilines is 1. The number of para-hydroxylation sites is 1. The first-order valence-corrected chi connectivity index (χ1v) is 6.02. The maximum absolute atomic E-state index is 11.9. The van der Waals surface area contributed by atoms with Gasteiger partial charge >= 0.3 is 6.09 Å². The third-order valence-corrected chi connectivity index (χ3v) is 2.96. The molecule has 0 radical (unpaired) electrons. The summed E-state index contributed by atoms with van der Waals surface area (Å²) in [5, 5.41) is 17.4. The third kappa shape index (κ3) is 3.18. The highest BCUT2D eigenvalue weighted by Gasteiger charge is 2.32. The number of benzene rings is 1. The van der Waals surface area contributed by atoms with Crippen LogP contribution in [0.2, 0.25) is 0 Å². The lowest BCUT2D eigenvalue weighted by Gasteiger charge is -2.18. The van der Waals surface area contributed by atoms with Crippen molar-refractivity contribution >= 4 is 29.7 Å². The zero-order chi connectivity index (χ0) is 15.4. The van der Waals surface area contributed by atoms with Crippen LogP contribution in [0.5, 0.6) is 0 Å². The average Bonchev–Trinajstić information content (AvgIpc) is 2.87. The minimum absolute atomic E-state index is 0.0643. The summed E-state index contributed by atoms with van der Waals surface area (Å²) >= 11 is 0. The normalized spacial score (nSPS) is 14.8. The molecule has 0 unspecified atom stereocenters. The molecule has 0 atom stereocenters. The maximum atomic E-state index is 11.9. The van der Waals surface area contributed by atoms with Crippen molar-refractivity contribution in [1.82, 2.24) is 10.4 Å². The van der Waals surface area contributed by atoms with E-state index in [1.54, 1.807) is 24.3 Å². The molecule has 21 heavy (non-hydrogen) atoms. The number of hydroxylamine groups is 1. The number of carboxylic acid groups (broad SMARTS) is 1. The Bertz CT molecular complexity index is 614. The molecule has 0 bridgehead atoms. The van der Waals surface area contributed by atoms with E-state index in [1.807, 2.05) is 0 Å². The summed E-state index contributed by atoms with van der Waals surface area (Å²) in [4.78, 5) is 36.2. The molecule has 3 N–H and O–H groups in total. The van der Waals surface area contributed by atoms with Crippen molar-refractivity contribution in [3.63, 3.8) is 0 Å². The van der Waals surface area contributed by atoms with Gasteiger partial charge in [-0.05, 0) is 17.7 Å². The molecular formula is C13H13N3O5. The summed E-state index contributed by atoms with van der Waals surface area (Å²) in [5.74, 6) is -1.05. The lowest BCUT2D eigenvalue weighted by atomic mass is 10.1. The van der Waals surface area contributed by atoms with Gasteiger partial charge in [0, 0.05) is 6.08 Å². The highest BCUT2D eigenvalue weighted by Crippen LogP contribution is 2.25. The number of amides is 3. The molecule has 1 saturated heterocycles. The standard InChI is InChI=1S/C13H13N3O5/c17-11(14-21)6-5-9-3-1-2-4-10(9)16-8-15(13(19)20)7-12(16)18/h1-6,21H,7-8H2,(H,14,17)(H,19,20). The minimum Gasteiger partial charge on any atom is -0.465 e. The van der Waals surface area contributed by atoms with Crippen molar-refractivity contribution in [2.75, 3.05) is 18.1 Å². The fraction of sp³-hybridized carbons (Fsp3) is 0.154. The average molecular weight is 291 g/mol. The van der Waals surface area contributed by atoms with Crippen LogP contribution in [0.25, 0.3) is 6.08 Å². The highest BCUT2D eigenvalue weighted by atomic mass is 16.5. The van der Waals surface area contributed by atoms with Crippen molar-refractivity contribution in [2.24, 2.45) is 0 Å². The number of carbonyl (C=O) groups excluding carboxylic acids is 2. The van der Waals surface area contributed by atoms with Gasteiger partial charge in [0.1, 0.15) is 13.2 Å². The molecule has 1 aliphatic rings. The van der Waals surface area contributed by atoms with E-state index in [1.165, 1.54) is 16.5 Å². The minimum atomic E-state index is -1.17. The first-order valence-electron chi connectivity index (χ1n) is 6.02. The zero-order valence-electron chi connectivity index (χ0n) is 10.9. The van der Waals surface area contributed by atoms with Gasteiger partial charge in [0.25, 0.3) is 5.91 Å². The molecule has 0 aromatic heterocycles. The van der Waals surface area contributed by atoms with Gasteiger partial charge in [-0.1, -0.05) is 18.2 Å². The molecule has 1 fully saturated rings. The van der Waals surface area contributed by atoms with Gasteiger partial charge in [-0.2, -0.15) is 0 Å². The fourth-order valence-corrected chi connectivity index (χ4v) is 1.96. The Morgan fingerprint density at radius 1 is 1.29 bits per heavy atom. The Morgan fingerprint density at radius 3 is 2.62 bits per heavy atom. The quantitative estimate of drug-likeness (QED) is 0.426. The van der Waals surface area contributed by atoms with Crippen LogP contribution in [-0.4, -0.2) is 46.3 Å². The van der Waals surface area contributed by atoms with Gasteiger partial charge in [-0.3, -0.25) is 24.6 Å². The van der Waals surface area contributed by atoms with E-state index < -0.39 is 12.0 Å². The van der Waals surface area contributed by atoms with Gasteiger partial charge in [0.15, 0.2) is 0 Å². The van der Waals surface area contributed by atoms with Crippen LogP contribution in [0.3, 0.4) is 0 Å². The lowest BCUT2D eigenvalue weighted by molar-refractivity contribution is -0.124. The molecule has 1 aromatic carbocycles. The zero-order valence-corrected chi connectivity index (χ0v) is 10.9. The largest absolute Gasteiger partial charge is 0.465 e. The van der Waals surface area contributed by atoms with Crippen molar-refractivity contribution in [3.05, 3.63) is 35.9 Å². The van der Waals surface area contributed by atoms with Crippen LogP contribution in [-0.2, 0) is 9.59 Å². The summed E-state index contributed by atoms with van der Waals surface area (Å²) in [6.07, 6.45) is 1.37. The molecular weight excluding hydrogens is 278 g/mol. The van der Waals surface area contributed by atoms with Crippen molar-refractivity contribution in [1.29, 1.82) is 0 Å². The van der Waals surface area contributed by atoms with E-state index in [2.05, 4.69) is 0 Å². The van der Waals surface area contributed by atoms with Crippen LogP contribution in [0.15, 0.2) is 30.3 Å². The molecule has 1 aromatic rings. The van der Waals surface area contributed by atoms with E-state index in [-0.39, 0.29) is 19.1 Å². The Labute approximate surface area is 119 Å². The first kappa shape index (κ1) is 14.5. The molecule has 2 rings (SSSR count). The van der Waals surface area contributed by atoms with E-state index in [0.29, 0.717) is 11.3 Å². The summed E-state index contributed by atoms with van der Waals surface area (Å²) in [6.45, 7) is -0.268. The molecule has 0 saturated carbocycles. The Hall–Kier alpha value is -2.87. The summed E-state index contributed by atoms with van der Waals surface area (Å²) in [6, 6.07) is 6.75. The second-order valence-electron chi connectivity index (χ2n) is 4.31. The van der Waals surface area contributed by atoms with Gasteiger partial charge in [0.05, 0.1) is 5.69 Å². The monoisotopic (exact) mass is 291 g/mol. The molecule has 0 aliphatic carbocycles. The third-order valence-electron chi connectivity index (χ3n) is 2.96. The van der Waals surface area contributed by atoms with Crippen LogP contribution < -0.4 is 10.4 Å². The van der Waals surface area contributed by atoms with Gasteiger partial charge in [-0.25, -0.2) is 10.3 Å². The number of carbonyl (C=O) groups is 3. The van der Waals surface area contributed by atoms with Crippen LogP contribution in [0.1, 0.15) is 5.56 Å². The number of nitrogens with zero attached hydrogens (tertiary/aromatic N) is 2. The predicted octanol–water partition coefficient (Wildman–Crippen LogP) is 0.489. The van der Waals surface area contributed by atoms with Crippen molar-refractivity contribution in [2.45, 2.75) is 0 Å². The van der Waals surface area contributed by atoms with Crippen LogP contribution in [0.4, 0.5) is 10.5 Å². The Balaban J connectivity index is 2.28. The van der Waals surface area contributed by atoms with Crippen molar-refractivity contribution in [3.8, 4) is 0 Å².